The maximum Gasteiger partial charge on any atom is 0.296 e. The van der Waals surface area contributed by atoms with Gasteiger partial charge in [-0.1, -0.05) is 68.4 Å². The van der Waals surface area contributed by atoms with Gasteiger partial charge in [0.2, 0.25) is 0 Å². The predicted molar refractivity (Wildman–Crippen MR) is 151 cm³/mol. The number of hydrogen-bond donors (Lipinski definition) is 1. The molecule has 2 heterocycles. The maximum atomic E-state index is 13.4. The monoisotopic (exact) mass is 537 g/mol. The van der Waals surface area contributed by atoms with Gasteiger partial charge in [-0.05, 0) is 53.4 Å². The van der Waals surface area contributed by atoms with Crippen molar-refractivity contribution in [3.05, 3.63) is 125 Å². The highest BCUT2D eigenvalue weighted by molar-refractivity contribution is 6.46. The average Bonchev–Trinajstić information content (AvgIpc) is 3.58. The summed E-state index contributed by atoms with van der Waals surface area (Å²) < 4.78 is 17.3. The Kier molecular flexibility index (Phi) is 8.01. The van der Waals surface area contributed by atoms with E-state index in [2.05, 4.69) is 0 Å². The van der Waals surface area contributed by atoms with Gasteiger partial charge >= 0.3 is 0 Å². The molecule has 4 aromatic rings. The minimum atomic E-state index is -0.856. The highest BCUT2D eigenvalue weighted by Crippen LogP contribution is 2.41. The van der Waals surface area contributed by atoms with Crippen molar-refractivity contribution in [3.63, 3.8) is 0 Å². The van der Waals surface area contributed by atoms with Gasteiger partial charge < -0.3 is 23.9 Å². The predicted octanol–water partition coefficient (Wildman–Crippen LogP) is 6.52. The molecule has 0 aliphatic carbocycles. The van der Waals surface area contributed by atoms with Crippen LogP contribution in [-0.4, -0.2) is 28.3 Å². The summed E-state index contributed by atoms with van der Waals surface area (Å²) in [4.78, 5) is 28.2. The molecule has 1 aliphatic rings. The second-order valence-corrected chi connectivity index (χ2v) is 10.1. The zero-order valence-corrected chi connectivity index (χ0v) is 22.4. The highest BCUT2D eigenvalue weighted by atomic mass is 16.5. The standard InChI is InChI=1S/C33H31NO6/c1-22(2)20-39-27-14-7-12-25(18-27)31(35)29-30(34(33(37)32(29)36)19-28-15-8-16-38-28)24-11-6-13-26(17-24)40-21-23-9-4-3-5-10-23/h3-18,22,30,35H,19-21H2,1-2H3/b31-29-. The number of benzene rings is 3. The van der Waals surface area contributed by atoms with E-state index in [1.54, 1.807) is 42.5 Å². The van der Waals surface area contributed by atoms with Gasteiger partial charge in [-0.25, -0.2) is 0 Å². The zero-order chi connectivity index (χ0) is 28.1. The fourth-order valence-corrected chi connectivity index (χ4v) is 4.63. The average molecular weight is 538 g/mol. The number of ether oxygens (including phenoxy) is 2. The van der Waals surface area contributed by atoms with E-state index in [0.29, 0.717) is 47.5 Å². The van der Waals surface area contributed by atoms with Gasteiger partial charge in [0.05, 0.1) is 31.0 Å². The maximum absolute atomic E-state index is 13.4. The molecular formula is C33H31NO6. The number of aliphatic hydroxyl groups excluding tert-OH is 1. The van der Waals surface area contributed by atoms with Gasteiger partial charge in [0.15, 0.2) is 0 Å². The molecular weight excluding hydrogens is 506 g/mol. The van der Waals surface area contributed by atoms with Crippen LogP contribution in [0.2, 0.25) is 0 Å². The van der Waals surface area contributed by atoms with Crippen LogP contribution >= 0.6 is 0 Å². The number of carbonyl (C=O) groups excluding carboxylic acids is 2. The molecule has 204 valence electrons. The van der Waals surface area contributed by atoms with Crippen LogP contribution < -0.4 is 9.47 Å². The number of furan rings is 1. The fourth-order valence-electron chi connectivity index (χ4n) is 4.63. The van der Waals surface area contributed by atoms with E-state index in [9.17, 15) is 14.7 Å². The Labute approximate surface area is 233 Å². The minimum Gasteiger partial charge on any atom is -0.507 e. The molecule has 1 saturated heterocycles. The summed E-state index contributed by atoms with van der Waals surface area (Å²) in [5.74, 6) is 0.234. The van der Waals surface area contributed by atoms with Crippen LogP contribution in [0, 0.1) is 5.92 Å². The largest absolute Gasteiger partial charge is 0.507 e. The Morgan fingerprint density at radius 3 is 2.38 bits per heavy atom. The van der Waals surface area contributed by atoms with Crippen molar-refractivity contribution < 1.29 is 28.6 Å². The lowest BCUT2D eigenvalue weighted by molar-refractivity contribution is -0.140. The van der Waals surface area contributed by atoms with E-state index in [1.165, 1.54) is 11.2 Å². The SMILES string of the molecule is CC(C)COc1cccc(/C(O)=C2/C(=O)C(=O)N(Cc3ccco3)C2c2cccc(OCc3ccccc3)c2)c1. The van der Waals surface area contributed by atoms with Crippen LogP contribution in [0.15, 0.2) is 107 Å². The molecule has 7 heteroatoms. The number of ketones is 1. The summed E-state index contributed by atoms with van der Waals surface area (Å²) in [5.41, 5.74) is 2.03. The second kappa shape index (κ2) is 11.9. The smallest absolute Gasteiger partial charge is 0.296 e. The molecule has 5 rings (SSSR count). The molecule has 0 saturated carbocycles. The van der Waals surface area contributed by atoms with E-state index < -0.39 is 17.7 Å². The highest BCUT2D eigenvalue weighted by Gasteiger charge is 2.46. The number of aliphatic hydroxyl groups is 1. The first-order valence-electron chi connectivity index (χ1n) is 13.2. The van der Waals surface area contributed by atoms with Crippen LogP contribution in [0.25, 0.3) is 5.76 Å². The number of nitrogens with zero attached hydrogens (tertiary/aromatic N) is 1. The lowest BCUT2D eigenvalue weighted by Gasteiger charge is -2.25. The molecule has 1 unspecified atom stereocenters. The Balaban J connectivity index is 1.53. The number of carbonyl (C=O) groups is 2. The third-order valence-electron chi connectivity index (χ3n) is 6.56. The number of Topliss-reactive ketones (excluding diaryl/α,β-unsaturated/α-hetero) is 1. The fraction of sp³-hybridized carbons (Fsp3) is 0.212. The molecule has 3 aromatic carbocycles. The summed E-state index contributed by atoms with van der Waals surface area (Å²) in [6, 6.07) is 26.5. The molecule has 0 spiro atoms. The summed E-state index contributed by atoms with van der Waals surface area (Å²) in [5, 5.41) is 11.5. The van der Waals surface area contributed by atoms with Crippen molar-refractivity contribution in [1.82, 2.24) is 4.90 Å². The van der Waals surface area contributed by atoms with Crippen molar-refractivity contribution in [2.75, 3.05) is 6.61 Å². The van der Waals surface area contributed by atoms with Crippen molar-refractivity contribution >= 4 is 17.4 Å². The van der Waals surface area contributed by atoms with Crippen molar-refractivity contribution in [2.24, 2.45) is 5.92 Å². The lowest BCUT2D eigenvalue weighted by Crippen LogP contribution is -2.29. The molecule has 1 amide bonds. The van der Waals surface area contributed by atoms with Gasteiger partial charge in [-0.15, -0.1) is 0 Å². The number of likely N-dealkylation sites (tertiary alicyclic amines) is 1. The Morgan fingerprint density at radius 2 is 1.65 bits per heavy atom. The molecule has 1 N–H and O–H groups in total. The zero-order valence-electron chi connectivity index (χ0n) is 22.4. The van der Waals surface area contributed by atoms with Crippen LogP contribution in [-0.2, 0) is 22.7 Å². The first-order chi connectivity index (χ1) is 19.4. The van der Waals surface area contributed by atoms with Crippen LogP contribution in [0.3, 0.4) is 0 Å². The molecule has 0 radical (unpaired) electrons. The Morgan fingerprint density at radius 1 is 0.900 bits per heavy atom. The van der Waals surface area contributed by atoms with Crippen molar-refractivity contribution in [2.45, 2.75) is 33.0 Å². The third-order valence-corrected chi connectivity index (χ3v) is 6.56. The van der Waals surface area contributed by atoms with Crippen LogP contribution in [0.1, 0.15) is 42.3 Å². The summed E-state index contributed by atoms with van der Waals surface area (Å²) >= 11 is 0. The van der Waals surface area contributed by atoms with Gasteiger partial charge in [0.1, 0.15) is 29.6 Å². The molecule has 1 aromatic heterocycles. The minimum absolute atomic E-state index is 0.00206. The first-order valence-corrected chi connectivity index (χ1v) is 13.2. The lowest BCUT2D eigenvalue weighted by atomic mass is 9.95. The number of hydrogen-bond acceptors (Lipinski definition) is 6. The van der Waals surface area contributed by atoms with Gasteiger partial charge in [0.25, 0.3) is 11.7 Å². The van der Waals surface area contributed by atoms with Gasteiger partial charge in [-0.3, -0.25) is 9.59 Å². The van der Waals surface area contributed by atoms with Crippen molar-refractivity contribution in [1.29, 1.82) is 0 Å². The molecule has 1 aliphatic heterocycles. The normalized spacial score (nSPS) is 16.5. The van der Waals surface area contributed by atoms with E-state index >= 15 is 0 Å². The number of amides is 1. The van der Waals surface area contributed by atoms with E-state index in [-0.39, 0.29) is 17.9 Å². The first kappa shape index (κ1) is 26.8. The van der Waals surface area contributed by atoms with Crippen molar-refractivity contribution in [3.8, 4) is 11.5 Å². The van der Waals surface area contributed by atoms with Gasteiger partial charge in [-0.2, -0.15) is 0 Å². The summed E-state index contributed by atoms with van der Waals surface area (Å²) in [6.07, 6.45) is 1.52. The molecule has 1 atom stereocenters. The molecule has 40 heavy (non-hydrogen) atoms. The van der Waals surface area contributed by atoms with Crippen LogP contribution in [0.5, 0.6) is 11.5 Å². The van der Waals surface area contributed by atoms with Gasteiger partial charge in [0, 0.05) is 5.56 Å². The quantitative estimate of drug-likeness (QED) is 0.141. The van der Waals surface area contributed by atoms with E-state index in [1.807, 2.05) is 62.4 Å². The second-order valence-electron chi connectivity index (χ2n) is 10.1. The van der Waals surface area contributed by atoms with E-state index in [0.717, 1.165) is 5.56 Å². The Bertz CT molecular complexity index is 1510. The molecule has 1 fully saturated rings. The molecule has 0 bridgehead atoms. The topological polar surface area (TPSA) is 89.2 Å². The van der Waals surface area contributed by atoms with E-state index in [4.69, 9.17) is 13.9 Å². The molecule has 7 nitrogen and oxygen atoms in total. The number of rotatable bonds is 10. The summed E-state index contributed by atoms with van der Waals surface area (Å²) in [7, 11) is 0. The summed E-state index contributed by atoms with van der Waals surface area (Å²) in [6.45, 7) is 5.02. The third kappa shape index (κ3) is 5.94. The Hall–Kier alpha value is -4.78. The van der Waals surface area contributed by atoms with Crippen LogP contribution in [0.4, 0.5) is 0 Å².